The zero-order chi connectivity index (χ0) is 18.1. The minimum atomic E-state index is -0.239. The van der Waals surface area contributed by atoms with E-state index in [9.17, 15) is 9.59 Å². The number of anilines is 1. The molecule has 2 atom stereocenters. The minimum Gasteiger partial charge on any atom is -0.354 e. The van der Waals surface area contributed by atoms with Gasteiger partial charge in [-0.2, -0.15) is 0 Å². The summed E-state index contributed by atoms with van der Waals surface area (Å²) in [4.78, 5) is 34.3. The van der Waals surface area contributed by atoms with Crippen LogP contribution in [-0.2, 0) is 4.79 Å². The lowest BCUT2D eigenvalue weighted by Crippen LogP contribution is -2.51. The lowest BCUT2D eigenvalue weighted by molar-refractivity contribution is -0.121. The SMILES string of the molecule is CC[C@H](C)NC(=O)CCNC(=O)N[C@H]1CCCN(c2ncccn2)C1. The maximum Gasteiger partial charge on any atom is 0.315 e. The molecule has 8 nitrogen and oxygen atoms in total. The average Bonchev–Trinajstić information content (AvgIpc) is 2.62. The van der Waals surface area contributed by atoms with Gasteiger partial charge in [-0.25, -0.2) is 14.8 Å². The molecule has 3 N–H and O–H groups in total. The molecule has 3 amide bonds. The molecule has 1 aliphatic heterocycles. The molecule has 8 heteroatoms. The Hall–Kier alpha value is -2.38. The second-order valence-corrected chi connectivity index (χ2v) is 6.36. The number of piperidine rings is 1. The van der Waals surface area contributed by atoms with Gasteiger partial charge in [-0.3, -0.25) is 4.79 Å². The van der Waals surface area contributed by atoms with Gasteiger partial charge in [-0.15, -0.1) is 0 Å². The predicted molar refractivity (Wildman–Crippen MR) is 96.3 cm³/mol. The molecule has 1 fully saturated rings. The van der Waals surface area contributed by atoms with Crippen LogP contribution in [0.5, 0.6) is 0 Å². The quantitative estimate of drug-likeness (QED) is 0.684. The highest BCUT2D eigenvalue weighted by atomic mass is 16.2. The Labute approximate surface area is 148 Å². The number of hydrogen-bond donors (Lipinski definition) is 3. The fourth-order valence-corrected chi connectivity index (χ4v) is 2.71. The predicted octanol–water partition coefficient (Wildman–Crippen LogP) is 1.05. The Kier molecular flexibility index (Phi) is 7.43. The van der Waals surface area contributed by atoms with E-state index in [0.29, 0.717) is 19.0 Å². The molecule has 1 aromatic heterocycles. The van der Waals surface area contributed by atoms with Gasteiger partial charge in [0.1, 0.15) is 0 Å². The fraction of sp³-hybridized carbons (Fsp3) is 0.647. The number of rotatable bonds is 7. The maximum atomic E-state index is 12.0. The summed E-state index contributed by atoms with van der Waals surface area (Å²) in [7, 11) is 0. The molecule has 0 spiro atoms. The van der Waals surface area contributed by atoms with Crippen LogP contribution in [0.1, 0.15) is 39.5 Å². The van der Waals surface area contributed by atoms with Crippen LogP contribution in [0.15, 0.2) is 18.5 Å². The van der Waals surface area contributed by atoms with Crippen molar-refractivity contribution in [3.8, 4) is 0 Å². The highest BCUT2D eigenvalue weighted by molar-refractivity contribution is 5.78. The molecule has 1 aromatic rings. The van der Waals surface area contributed by atoms with Crippen molar-refractivity contribution in [2.75, 3.05) is 24.5 Å². The number of carbonyl (C=O) groups is 2. The van der Waals surface area contributed by atoms with E-state index < -0.39 is 0 Å². The van der Waals surface area contributed by atoms with Crippen molar-refractivity contribution in [3.05, 3.63) is 18.5 Å². The first-order chi connectivity index (χ1) is 12.1. The summed E-state index contributed by atoms with van der Waals surface area (Å²) in [5.41, 5.74) is 0. The van der Waals surface area contributed by atoms with E-state index in [1.54, 1.807) is 18.5 Å². The number of aromatic nitrogens is 2. The van der Waals surface area contributed by atoms with Gasteiger partial charge >= 0.3 is 6.03 Å². The largest absolute Gasteiger partial charge is 0.354 e. The van der Waals surface area contributed by atoms with Crippen molar-refractivity contribution in [2.45, 2.75) is 51.6 Å². The molecule has 0 aliphatic carbocycles. The normalized spacial score (nSPS) is 18.3. The van der Waals surface area contributed by atoms with Gasteiger partial charge < -0.3 is 20.9 Å². The lowest BCUT2D eigenvalue weighted by Gasteiger charge is -2.33. The third-order valence-corrected chi connectivity index (χ3v) is 4.25. The Bertz CT molecular complexity index is 553. The molecule has 25 heavy (non-hydrogen) atoms. The third kappa shape index (κ3) is 6.56. The summed E-state index contributed by atoms with van der Waals surface area (Å²) in [6.45, 7) is 5.88. The van der Waals surface area contributed by atoms with Crippen molar-refractivity contribution in [1.29, 1.82) is 0 Å². The summed E-state index contributed by atoms with van der Waals surface area (Å²) in [6.07, 6.45) is 6.51. The average molecular weight is 348 g/mol. The van der Waals surface area contributed by atoms with E-state index in [-0.39, 0.29) is 30.4 Å². The molecule has 1 saturated heterocycles. The number of nitrogens with one attached hydrogen (secondary N) is 3. The van der Waals surface area contributed by atoms with Gasteiger partial charge in [0, 0.05) is 50.5 Å². The Morgan fingerprint density at radius 2 is 2.12 bits per heavy atom. The smallest absolute Gasteiger partial charge is 0.315 e. The van der Waals surface area contributed by atoms with E-state index in [0.717, 1.165) is 25.8 Å². The Morgan fingerprint density at radius 3 is 2.84 bits per heavy atom. The Balaban J connectivity index is 1.69. The van der Waals surface area contributed by atoms with Crippen LogP contribution < -0.4 is 20.9 Å². The second-order valence-electron chi connectivity index (χ2n) is 6.36. The first-order valence-electron chi connectivity index (χ1n) is 8.94. The summed E-state index contributed by atoms with van der Waals surface area (Å²) >= 11 is 0. The number of hydrogen-bond acceptors (Lipinski definition) is 5. The summed E-state index contributed by atoms with van der Waals surface area (Å²) in [5.74, 6) is 0.649. The molecule has 0 bridgehead atoms. The van der Waals surface area contributed by atoms with Gasteiger partial charge in [0.05, 0.1) is 0 Å². The van der Waals surface area contributed by atoms with Crippen molar-refractivity contribution < 1.29 is 9.59 Å². The van der Waals surface area contributed by atoms with Crippen LogP contribution in [0.2, 0.25) is 0 Å². The highest BCUT2D eigenvalue weighted by Crippen LogP contribution is 2.15. The first-order valence-corrected chi connectivity index (χ1v) is 8.94. The van der Waals surface area contributed by atoms with Gasteiger partial charge in [-0.1, -0.05) is 6.92 Å². The molecule has 2 heterocycles. The molecule has 0 aromatic carbocycles. The molecule has 0 saturated carbocycles. The Morgan fingerprint density at radius 1 is 1.36 bits per heavy atom. The third-order valence-electron chi connectivity index (χ3n) is 4.25. The zero-order valence-electron chi connectivity index (χ0n) is 15.0. The van der Waals surface area contributed by atoms with Crippen LogP contribution in [0.4, 0.5) is 10.7 Å². The van der Waals surface area contributed by atoms with E-state index in [1.807, 2.05) is 13.8 Å². The van der Waals surface area contributed by atoms with Crippen molar-refractivity contribution in [1.82, 2.24) is 25.9 Å². The van der Waals surface area contributed by atoms with E-state index in [1.165, 1.54) is 0 Å². The lowest BCUT2D eigenvalue weighted by atomic mass is 10.1. The van der Waals surface area contributed by atoms with Crippen LogP contribution in [0.25, 0.3) is 0 Å². The van der Waals surface area contributed by atoms with Gasteiger partial charge in [-0.05, 0) is 32.3 Å². The molecular formula is C17H28N6O2. The zero-order valence-corrected chi connectivity index (χ0v) is 15.0. The molecule has 138 valence electrons. The molecule has 2 rings (SSSR count). The van der Waals surface area contributed by atoms with Crippen molar-refractivity contribution >= 4 is 17.9 Å². The van der Waals surface area contributed by atoms with Crippen LogP contribution >= 0.6 is 0 Å². The maximum absolute atomic E-state index is 12.0. The number of nitrogens with zero attached hydrogens (tertiary/aromatic N) is 3. The minimum absolute atomic E-state index is 0.0419. The molecule has 0 radical (unpaired) electrons. The molecular weight excluding hydrogens is 320 g/mol. The van der Waals surface area contributed by atoms with Crippen LogP contribution in [-0.4, -0.2) is 53.6 Å². The van der Waals surface area contributed by atoms with E-state index in [2.05, 4.69) is 30.8 Å². The topological polar surface area (TPSA) is 99.2 Å². The summed E-state index contributed by atoms with van der Waals surface area (Å²) < 4.78 is 0. The number of amides is 3. The fourth-order valence-electron chi connectivity index (χ4n) is 2.71. The molecule has 0 unspecified atom stereocenters. The van der Waals surface area contributed by atoms with Gasteiger partial charge in [0.2, 0.25) is 11.9 Å². The number of carbonyl (C=O) groups excluding carboxylic acids is 2. The van der Waals surface area contributed by atoms with E-state index >= 15 is 0 Å². The van der Waals surface area contributed by atoms with Crippen molar-refractivity contribution in [2.24, 2.45) is 0 Å². The van der Waals surface area contributed by atoms with Crippen molar-refractivity contribution in [3.63, 3.8) is 0 Å². The standard InChI is InChI=1S/C17H28N6O2/c1-3-13(2)21-15(24)7-10-20-17(25)22-14-6-4-11-23(12-14)16-18-8-5-9-19-16/h5,8-9,13-14H,3-4,6-7,10-12H2,1-2H3,(H,21,24)(H2,20,22,25)/t13-,14-/m0/s1. The highest BCUT2D eigenvalue weighted by Gasteiger charge is 2.22. The first kappa shape index (κ1) is 19.0. The van der Waals surface area contributed by atoms with E-state index in [4.69, 9.17) is 0 Å². The van der Waals surface area contributed by atoms with Crippen LogP contribution in [0.3, 0.4) is 0 Å². The number of urea groups is 1. The monoisotopic (exact) mass is 348 g/mol. The molecule has 1 aliphatic rings. The van der Waals surface area contributed by atoms with Gasteiger partial charge in [0.25, 0.3) is 0 Å². The summed E-state index contributed by atoms with van der Waals surface area (Å²) in [5, 5.41) is 8.59. The summed E-state index contributed by atoms with van der Waals surface area (Å²) in [6, 6.07) is 1.76. The second kappa shape index (κ2) is 9.80. The van der Waals surface area contributed by atoms with Gasteiger partial charge in [0.15, 0.2) is 0 Å². The van der Waals surface area contributed by atoms with Crippen LogP contribution in [0, 0.1) is 0 Å².